The number of anilines is 1. The average Bonchev–Trinajstić information content (AvgIpc) is 2.85. The van der Waals surface area contributed by atoms with Gasteiger partial charge in [-0.25, -0.2) is 4.79 Å². The SMILES string of the molecule is COC(=O)c1cccc(NC2=C(Cl)C(=O)N(C3CCCCC3)C2=O)c1. The molecular formula is C18H19ClN2O4. The number of nitrogens with one attached hydrogen (secondary N) is 1. The van der Waals surface area contributed by atoms with Gasteiger partial charge in [-0.1, -0.05) is 36.9 Å². The summed E-state index contributed by atoms with van der Waals surface area (Å²) in [7, 11) is 1.29. The molecular weight excluding hydrogens is 344 g/mol. The van der Waals surface area contributed by atoms with Crippen molar-refractivity contribution >= 4 is 35.1 Å². The highest BCUT2D eigenvalue weighted by Gasteiger charge is 2.42. The van der Waals surface area contributed by atoms with Gasteiger partial charge in [0.1, 0.15) is 10.7 Å². The van der Waals surface area contributed by atoms with Crippen LogP contribution < -0.4 is 5.32 Å². The van der Waals surface area contributed by atoms with E-state index in [9.17, 15) is 14.4 Å². The summed E-state index contributed by atoms with van der Waals surface area (Å²) in [4.78, 5) is 38.0. The summed E-state index contributed by atoms with van der Waals surface area (Å²) in [5, 5.41) is 2.78. The van der Waals surface area contributed by atoms with Crippen molar-refractivity contribution in [2.75, 3.05) is 12.4 Å². The van der Waals surface area contributed by atoms with Gasteiger partial charge in [-0.2, -0.15) is 0 Å². The number of imide groups is 1. The highest BCUT2D eigenvalue weighted by atomic mass is 35.5. The van der Waals surface area contributed by atoms with Gasteiger partial charge in [-0.15, -0.1) is 0 Å². The lowest BCUT2D eigenvalue weighted by Gasteiger charge is -2.29. The first-order valence-electron chi connectivity index (χ1n) is 8.26. The van der Waals surface area contributed by atoms with Crippen LogP contribution in [0.2, 0.25) is 0 Å². The summed E-state index contributed by atoms with van der Waals surface area (Å²) >= 11 is 6.13. The smallest absolute Gasteiger partial charge is 0.337 e. The van der Waals surface area contributed by atoms with E-state index in [0.29, 0.717) is 11.3 Å². The lowest BCUT2D eigenvalue weighted by molar-refractivity contribution is -0.140. The number of carbonyl (C=O) groups excluding carboxylic acids is 3. The minimum Gasteiger partial charge on any atom is -0.465 e. The molecule has 1 fully saturated rings. The molecule has 0 bridgehead atoms. The number of ether oxygens (including phenoxy) is 1. The molecule has 1 N–H and O–H groups in total. The molecule has 2 aliphatic rings. The summed E-state index contributed by atoms with van der Waals surface area (Å²) < 4.78 is 4.68. The van der Waals surface area contributed by atoms with Gasteiger partial charge < -0.3 is 10.1 Å². The quantitative estimate of drug-likeness (QED) is 0.658. The Hall–Kier alpha value is -2.34. The van der Waals surface area contributed by atoms with E-state index in [2.05, 4.69) is 10.1 Å². The fourth-order valence-electron chi connectivity index (χ4n) is 3.28. The highest BCUT2D eigenvalue weighted by molar-refractivity contribution is 6.48. The molecule has 0 unspecified atom stereocenters. The molecule has 6 nitrogen and oxygen atoms in total. The predicted molar refractivity (Wildman–Crippen MR) is 93.0 cm³/mol. The third-order valence-electron chi connectivity index (χ3n) is 4.55. The number of rotatable bonds is 4. The molecule has 0 aromatic heterocycles. The summed E-state index contributed by atoms with van der Waals surface area (Å²) in [6, 6.07) is 6.39. The second kappa shape index (κ2) is 7.27. The number of esters is 1. The minimum atomic E-state index is -0.485. The maximum absolute atomic E-state index is 12.7. The van der Waals surface area contributed by atoms with E-state index < -0.39 is 17.8 Å². The van der Waals surface area contributed by atoms with Crippen molar-refractivity contribution in [1.82, 2.24) is 4.90 Å². The molecule has 7 heteroatoms. The average molecular weight is 363 g/mol. The number of amides is 2. The number of benzene rings is 1. The first kappa shape index (κ1) is 17.5. The van der Waals surface area contributed by atoms with E-state index in [1.165, 1.54) is 12.0 Å². The summed E-state index contributed by atoms with van der Waals surface area (Å²) in [5.74, 6) is -1.35. The van der Waals surface area contributed by atoms with Crippen LogP contribution in [0.5, 0.6) is 0 Å². The molecule has 1 heterocycles. The second-order valence-corrected chi connectivity index (χ2v) is 6.54. The van der Waals surface area contributed by atoms with Crippen molar-refractivity contribution in [2.24, 2.45) is 0 Å². The molecule has 3 rings (SSSR count). The van der Waals surface area contributed by atoms with Crippen molar-refractivity contribution in [3.63, 3.8) is 0 Å². The number of nitrogens with zero attached hydrogens (tertiary/aromatic N) is 1. The number of methoxy groups -OCH3 is 1. The van der Waals surface area contributed by atoms with Gasteiger partial charge in [0.25, 0.3) is 11.8 Å². The molecule has 132 valence electrons. The van der Waals surface area contributed by atoms with Crippen LogP contribution in [-0.2, 0) is 14.3 Å². The fourth-order valence-corrected chi connectivity index (χ4v) is 3.50. The molecule has 0 radical (unpaired) electrons. The van der Waals surface area contributed by atoms with Crippen LogP contribution in [-0.4, -0.2) is 35.8 Å². The molecule has 25 heavy (non-hydrogen) atoms. The van der Waals surface area contributed by atoms with Crippen molar-refractivity contribution in [3.05, 3.63) is 40.6 Å². The Morgan fingerprint density at radius 1 is 1.20 bits per heavy atom. The maximum atomic E-state index is 12.7. The summed E-state index contributed by atoms with van der Waals surface area (Å²) in [6.45, 7) is 0. The lowest BCUT2D eigenvalue weighted by Crippen LogP contribution is -2.42. The number of halogens is 1. The molecule has 1 saturated carbocycles. The monoisotopic (exact) mass is 362 g/mol. The van der Waals surface area contributed by atoms with E-state index in [1.54, 1.807) is 24.3 Å². The molecule has 2 amide bonds. The molecule has 1 aliphatic heterocycles. The van der Waals surface area contributed by atoms with E-state index in [-0.39, 0.29) is 16.8 Å². The van der Waals surface area contributed by atoms with Gasteiger partial charge in [0, 0.05) is 11.7 Å². The molecule has 0 atom stereocenters. The largest absolute Gasteiger partial charge is 0.465 e. The van der Waals surface area contributed by atoms with Crippen LogP contribution in [0.15, 0.2) is 35.0 Å². The third-order valence-corrected chi connectivity index (χ3v) is 4.90. The summed E-state index contributed by atoms with van der Waals surface area (Å²) in [6.07, 6.45) is 4.76. The van der Waals surface area contributed by atoms with Crippen LogP contribution in [0, 0.1) is 0 Å². The molecule has 0 saturated heterocycles. The normalized spacial score (nSPS) is 18.7. The van der Waals surface area contributed by atoms with Gasteiger partial charge in [0.15, 0.2) is 0 Å². The Labute approximate surface area is 150 Å². The first-order chi connectivity index (χ1) is 12.0. The first-order valence-corrected chi connectivity index (χ1v) is 8.63. The van der Waals surface area contributed by atoms with Crippen LogP contribution in [0.25, 0.3) is 0 Å². The zero-order valence-corrected chi connectivity index (χ0v) is 14.6. The molecule has 1 aliphatic carbocycles. The Bertz CT molecular complexity index is 753. The third kappa shape index (κ3) is 3.39. The van der Waals surface area contributed by atoms with Gasteiger partial charge in [-0.3, -0.25) is 14.5 Å². The van der Waals surface area contributed by atoms with E-state index in [4.69, 9.17) is 11.6 Å². The van der Waals surface area contributed by atoms with Gasteiger partial charge in [0.05, 0.1) is 12.7 Å². The van der Waals surface area contributed by atoms with Gasteiger partial charge in [-0.05, 0) is 31.0 Å². The lowest BCUT2D eigenvalue weighted by atomic mass is 9.94. The zero-order chi connectivity index (χ0) is 18.0. The fraction of sp³-hybridized carbons (Fsp3) is 0.389. The minimum absolute atomic E-state index is 0.0549. The zero-order valence-electron chi connectivity index (χ0n) is 13.9. The summed E-state index contributed by atoms with van der Waals surface area (Å²) in [5.41, 5.74) is 0.882. The standard InChI is InChI=1S/C18H19ClN2O4/c1-25-18(24)11-6-5-7-12(10-11)20-15-14(19)16(22)21(17(15)23)13-8-3-2-4-9-13/h5-7,10,13,20H,2-4,8-9H2,1H3. The van der Waals surface area contributed by atoms with Crippen LogP contribution in [0.4, 0.5) is 5.69 Å². The maximum Gasteiger partial charge on any atom is 0.337 e. The Balaban J connectivity index is 1.81. The van der Waals surface area contributed by atoms with E-state index in [0.717, 1.165) is 32.1 Å². The topological polar surface area (TPSA) is 75.7 Å². The number of hydrogen-bond donors (Lipinski definition) is 1. The van der Waals surface area contributed by atoms with E-state index in [1.807, 2.05) is 0 Å². The van der Waals surface area contributed by atoms with Gasteiger partial charge >= 0.3 is 5.97 Å². The van der Waals surface area contributed by atoms with Crippen LogP contribution >= 0.6 is 11.6 Å². The van der Waals surface area contributed by atoms with Crippen molar-refractivity contribution in [3.8, 4) is 0 Å². The Morgan fingerprint density at radius 2 is 1.92 bits per heavy atom. The second-order valence-electron chi connectivity index (χ2n) is 6.16. The van der Waals surface area contributed by atoms with Crippen LogP contribution in [0.3, 0.4) is 0 Å². The predicted octanol–water partition coefficient (Wildman–Crippen LogP) is 3.04. The Morgan fingerprint density at radius 3 is 2.60 bits per heavy atom. The molecule has 1 aromatic rings. The number of carbonyl (C=O) groups is 3. The van der Waals surface area contributed by atoms with Crippen molar-refractivity contribution in [1.29, 1.82) is 0 Å². The highest BCUT2D eigenvalue weighted by Crippen LogP contribution is 2.32. The van der Waals surface area contributed by atoms with E-state index >= 15 is 0 Å². The van der Waals surface area contributed by atoms with Crippen molar-refractivity contribution in [2.45, 2.75) is 38.1 Å². The van der Waals surface area contributed by atoms with Crippen LogP contribution in [0.1, 0.15) is 42.5 Å². The Kier molecular flexibility index (Phi) is 5.08. The van der Waals surface area contributed by atoms with Gasteiger partial charge in [0.2, 0.25) is 0 Å². The number of hydrogen-bond acceptors (Lipinski definition) is 5. The molecule has 1 aromatic carbocycles. The molecule has 0 spiro atoms. The van der Waals surface area contributed by atoms with Crippen molar-refractivity contribution < 1.29 is 19.1 Å².